The van der Waals surface area contributed by atoms with Gasteiger partial charge in [0, 0.05) is 28.8 Å². The Bertz CT molecular complexity index is 1220. The van der Waals surface area contributed by atoms with Crippen molar-refractivity contribution in [3.05, 3.63) is 95.8 Å². The fourth-order valence-electron chi connectivity index (χ4n) is 4.28. The predicted octanol–water partition coefficient (Wildman–Crippen LogP) is 3.72. The number of thiocarbonyl (C=S) groups is 1. The Labute approximate surface area is 184 Å². The van der Waals surface area contributed by atoms with Gasteiger partial charge in [-0.05, 0) is 68.5 Å². The van der Waals surface area contributed by atoms with Crippen molar-refractivity contribution in [2.45, 2.75) is 25.9 Å². The molecule has 3 aromatic heterocycles. The SMILES string of the molecule is Cc1cc([C@H]2[C@H](c3ccccn3)NC(=S)N2c2ccc(F)cc2)c(C)n1-n1cnnc1. The number of nitrogens with one attached hydrogen (secondary N) is 1. The van der Waals surface area contributed by atoms with Crippen molar-refractivity contribution >= 4 is 23.0 Å². The Morgan fingerprint density at radius 2 is 1.77 bits per heavy atom. The van der Waals surface area contributed by atoms with E-state index in [0.29, 0.717) is 5.11 Å². The number of benzene rings is 1. The van der Waals surface area contributed by atoms with Crippen LogP contribution in [0.15, 0.2) is 67.4 Å². The third-order valence-corrected chi connectivity index (χ3v) is 5.91. The molecule has 0 unspecified atom stereocenters. The van der Waals surface area contributed by atoms with Gasteiger partial charge < -0.3 is 10.2 Å². The highest BCUT2D eigenvalue weighted by Crippen LogP contribution is 2.43. The summed E-state index contributed by atoms with van der Waals surface area (Å²) in [5.41, 5.74) is 4.84. The summed E-state index contributed by atoms with van der Waals surface area (Å²) in [5, 5.41) is 11.9. The van der Waals surface area contributed by atoms with Gasteiger partial charge in [-0.1, -0.05) is 6.07 Å². The van der Waals surface area contributed by atoms with Gasteiger partial charge in [-0.2, -0.15) is 0 Å². The highest BCUT2D eigenvalue weighted by atomic mass is 32.1. The Morgan fingerprint density at radius 3 is 2.45 bits per heavy atom. The van der Waals surface area contributed by atoms with Gasteiger partial charge in [-0.15, -0.1) is 10.2 Å². The number of pyridine rings is 1. The summed E-state index contributed by atoms with van der Waals surface area (Å²) in [4.78, 5) is 6.62. The molecule has 0 aliphatic carbocycles. The summed E-state index contributed by atoms with van der Waals surface area (Å²) in [6.45, 7) is 4.09. The number of hydrogen-bond acceptors (Lipinski definition) is 4. The number of aromatic nitrogens is 5. The number of halogens is 1. The molecule has 156 valence electrons. The molecule has 0 spiro atoms. The minimum Gasteiger partial charge on any atom is -0.351 e. The fraction of sp³-hybridized carbons (Fsp3) is 0.182. The first-order chi connectivity index (χ1) is 15.0. The molecule has 7 nitrogen and oxygen atoms in total. The molecule has 1 fully saturated rings. The molecule has 1 aliphatic rings. The zero-order valence-corrected chi connectivity index (χ0v) is 17.8. The van der Waals surface area contributed by atoms with Crippen molar-refractivity contribution in [1.29, 1.82) is 0 Å². The Kier molecular flexibility index (Phi) is 4.74. The van der Waals surface area contributed by atoms with E-state index in [-0.39, 0.29) is 17.9 Å². The number of hydrogen-bond donors (Lipinski definition) is 1. The maximum atomic E-state index is 13.6. The van der Waals surface area contributed by atoms with Crippen LogP contribution in [0.25, 0.3) is 0 Å². The van der Waals surface area contributed by atoms with Crippen molar-refractivity contribution in [2.24, 2.45) is 0 Å². The van der Waals surface area contributed by atoms with Gasteiger partial charge >= 0.3 is 0 Å². The second-order valence-corrected chi connectivity index (χ2v) is 7.84. The van der Waals surface area contributed by atoms with Crippen LogP contribution in [0.4, 0.5) is 10.1 Å². The summed E-state index contributed by atoms with van der Waals surface area (Å²) >= 11 is 5.73. The molecule has 4 heterocycles. The van der Waals surface area contributed by atoms with E-state index in [0.717, 1.165) is 28.3 Å². The molecule has 1 N–H and O–H groups in total. The predicted molar refractivity (Wildman–Crippen MR) is 119 cm³/mol. The van der Waals surface area contributed by atoms with Crippen LogP contribution in [0.3, 0.4) is 0 Å². The van der Waals surface area contributed by atoms with Gasteiger partial charge in [0.15, 0.2) is 5.11 Å². The second-order valence-electron chi connectivity index (χ2n) is 7.45. The highest BCUT2D eigenvalue weighted by molar-refractivity contribution is 7.80. The van der Waals surface area contributed by atoms with E-state index in [1.54, 1.807) is 31.0 Å². The number of aryl methyl sites for hydroxylation is 1. The molecule has 0 saturated carbocycles. The molecule has 1 aliphatic heterocycles. The third-order valence-electron chi connectivity index (χ3n) is 5.59. The lowest BCUT2D eigenvalue weighted by molar-refractivity contribution is 0.557. The average Bonchev–Trinajstić information content (AvgIpc) is 3.47. The molecule has 31 heavy (non-hydrogen) atoms. The fourth-order valence-corrected chi connectivity index (χ4v) is 4.63. The van der Waals surface area contributed by atoms with E-state index in [4.69, 9.17) is 12.2 Å². The summed E-state index contributed by atoms with van der Waals surface area (Å²) < 4.78 is 17.5. The molecule has 1 aromatic carbocycles. The van der Waals surface area contributed by atoms with Crippen molar-refractivity contribution in [3.63, 3.8) is 0 Å². The van der Waals surface area contributed by atoms with Gasteiger partial charge in [0.05, 0.1) is 17.8 Å². The zero-order chi connectivity index (χ0) is 21.5. The van der Waals surface area contributed by atoms with Crippen LogP contribution in [-0.2, 0) is 0 Å². The smallest absolute Gasteiger partial charge is 0.174 e. The molecular formula is C22H20FN7S. The summed E-state index contributed by atoms with van der Waals surface area (Å²) in [6.07, 6.45) is 5.10. The topological polar surface area (TPSA) is 63.8 Å². The van der Waals surface area contributed by atoms with E-state index in [9.17, 15) is 4.39 Å². The van der Waals surface area contributed by atoms with E-state index in [1.165, 1.54) is 12.1 Å². The zero-order valence-electron chi connectivity index (χ0n) is 17.0. The Balaban J connectivity index is 1.68. The lowest BCUT2D eigenvalue weighted by atomic mass is 9.96. The van der Waals surface area contributed by atoms with E-state index >= 15 is 0 Å². The first-order valence-electron chi connectivity index (χ1n) is 9.85. The van der Waals surface area contributed by atoms with Crippen molar-refractivity contribution in [1.82, 2.24) is 29.9 Å². The van der Waals surface area contributed by atoms with Gasteiger partial charge in [0.2, 0.25) is 0 Å². The van der Waals surface area contributed by atoms with Crippen LogP contribution in [-0.4, -0.2) is 29.6 Å². The lowest BCUT2D eigenvalue weighted by Gasteiger charge is -2.28. The average molecular weight is 434 g/mol. The minimum absolute atomic E-state index is 0.173. The number of anilines is 1. The normalized spacial score (nSPS) is 18.4. The molecule has 4 aromatic rings. The van der Waals surface area contributed by atoms with Gasteiger partial charge in [0.1, 0.15) is 18.5 Å². The van der Waals surface area contributed by atoms with Crippen molar-refractivity contribution < 1.29 is 4.39 Å². The first-order valence-corrected chi connectivity index (χ1v) is 10.3. The maximum Gasteiger partial charge on any atom is 0.174 e. The van der Waals surface area contributed by atoms with Crippen LogP contribution >= 0.6 is 12.2 Å². The number of rotatable bonds is 4. The van der Waals surface area contributed by atoms with Gasteiger partial charge in [-0.3, -0.25) is 9.66 Å². The van der Waals surface area contributed by atoms with Crippen LogP contribution in [0.5, 0.6) is 0 Å². The molecular weight excluding hydrogens is 413 g/mol. The monoisotopic (exact) mass is 433 g/mol. The van der Waals surface area contributed by atoms with E-state index in [1.807, 2.05) is 34.7 Å². The molecule has 2 atom stereocenters. The van der Waals surface area contributed by atoms with Crippen LogP contribution < -0.4 is 10.2 Å². The highest BCUT2D eigenvalue weighted by Gasteiger charge is 2.42. The molecule has 0 radical (unpaired) electrons. The van der Waals surface area contributed by atoms with Crippen molar-refractivity contribution in [2.75, 3.05) is 4.90 Å². The standard InChI is InChI=1S/C22H20FN7S/c1-14-11-18(15(2)30(14)28-12-25-26-13-28)21-20(19-5-3-4-10-24-19)27-22(31)29(21)17-8-6-16(23)7-9-17/h3-13,20-21H,1-2H3,(H,27,31)/t20-,21-/m0/s1. The Morgan fingerprint density at radius 1 is 1.03 bits per heavy atom. The van der Waals surface area contributed by atoms with Gasteiger partial charge in [0.25, 0.3) is 0 Å². The Hall–Kier alpha value is -3.59. The molecule has 9 heteroatoms. The molecule has 0 bridgehead atoms. The summed E-state index contributed by atoms with van der Waals surface area (Å²) in [7, 11) is 0. The molecule has 0 amide bonds. The third kappa shape index (κ3) is 3.27. The summed E-state index contributed by atoms with van der Waals surface area (Å²) in [6, 6.07) is 14.0. The van der Waals surface area contributed by atoms with Crippen LogP contribution in [0.1, 0.15) is 34.7 Å². The van der Waals surface area contributed by atoms with Crippen LogP contribution in [0, 0.1) is 19.7 Å². The number of nitrogens with zero attached hydrogens (tertiary/aromatic N) is 6. The van der Waals surface area contributed by atoms with E-state index in [2.05, 4.69) is 38.2 Å². The minimum atomic E-state index is -0.287. The van der Waals surface area contributed by atoms with Crippen molar-refractivity contribution in [3.8, 4) is 0 Å². The largest absolute Gasteiger partial charge is 0.351 e. The molecule has 5 rings (SSSR count). The quantitative estimate of drug-likeness (QED) is 0.495. The maximum absolute atomic E-state index is 13.6. The van der Waals surface area contributed by atoms with Gasteiger partial charge in [-0.25, -0.2) is 9.07 Å². The van der Waals surface area contributed by atoms with Crippen LogP contribution in [0.2, 0.25) is 0 Å². The molecule has 1 saturated heterocycles. The lowest BCUT2D eigenvalue weighted by Crippen LogP contribution is -2.29. The first kappa shape index (κ1) is 19.4. The second kappa shape index (κ2) is 7.59. The summed E-state index contributed by atoms with van der Waals surface area (Å²) in [5.74, 6) is -0.287. The van der Waals surface area contributed by atoms with E-state index < -0.39 is 0 Å².